The molecule has 13 heavy (non-hydrogen) atoms. The maximum Gasteiger partial charge on any atom is 0.333 e. The van der Waals surface area contributed by atoms with Crippen LogP contribution in [0.3, 0.4) is 0 Å². The van der Waals surface area contributed by atoms with Crippen LogP contribution in [0.15, 0.2) is 36.0 Å². The average molecular weight is 178 g/mol. The van der Waals surface area contributed by atoms with Crippen molar-refractivity contribution < 1.29 is 9.53 Å². The molecule has 1 aliphatic rings. The van der Waals surface area contributed by atoms with Crippen LogP contribution in [0.25, 0.3) is 0 Å². The number of allylic oxidation sites excluding steroid dienone is 3. The van der Waals surface area contributed by atoms with Crippen LogP contribution in [-0.4, -0.2) is 12.6 Å². The lowest BCUT2D eigenvalue weighted by Gasteiger charge is -2.04. The second-order valence-corrected chi connectivity index (χ2v) is 3.12. The van der Waals surface area contributed by atoms with Crippen molar-refractivity contribution in [3.8, 4) is 0 Å². The van der Waals surface area contributed by atoms with Gasteiger partial charge in [-0.15, -0.1) is 0 Å². The van der Waals surface area contributed by atoms with E-state index in [0.29, 0.717) is 12.2 Å². The number of ether oxygens (including phenoxy) is 1. The van der Waals surface area contributed by atoms with E-state index < -0.39 is 0 Å². The van der Waals surface area contributed by atoms with Gasteiger partial charge in [-0.2, -0.15) is 0 Å². The Morgan fingerprint density at radius 3 is 3.00 bits per heavy atom. The first kappa shape index (κ1) is 9.78. The number of esters is 1. The molecule has 1 aliphatic carbocycles. The van der Waals surface area contributed by atoms with Crippen LogP contribution in [0, 0.1) is 0 Å². The molecule has 0 heterocycles. The summed E-state index contributed by atoms with van der Waals surface area (Å²) in [6.45, 7) is 5.61. The minimum atomic E-state index is -0.299. The Morgan fingerprint density at radius 2 is 2.46 bits per heavy atom. The lowest BCUT2D eigenvalue weighted by atomic mass is 10.2. The van der Waals surface area contributed by atoms with Gasteiger partial charge in [-0.1, -0.05) is 30.4 Å². The molecule has 0 N–H and O–H groups in total. The van der Waals surface area contributed by atoms with Crippen molar-refractivity contribution in [2.24, 2.45) is 0 Å². The van der Waals surface area contributed by atoms with E-state index in [1.807, 2.05) is 6.08 Å². The summed E-state index contributed by atoms with van der Waals surface area (Å²) in [6.07, 6.45) is 8.00. The first-order valence-electron chi connectivity index (χ1n) is 4.37. The smallest absolute Gasteiger partial charge is 0.333 e. The first-order valence-corrected chi connectivity index (χ1v) is 4.37. The molecular weight excluding hydrogens is 164 g/mol. The molecule has 0 amide bonds. The zero-order valence-corrected chi connectivity index (χ0v) is 7.88. The molecule has 0 aliphatic heterocycles. The summed E-state index contributed by atoms with van der Waals surface area (Å²) in [5.41, 5.74) is 1.77. The van der Waals surface area contributed by atoms with Gasteiger partial charge in [0.25, 0.3) is 0 Å². The Bertz CT molecular complexity index is 270. The van der Waals surface area contributed by atoms with E-state index in [4.69, 9.17) is 4.74 Å². The Morgan fingerprint density at radius 1 is 1.69 bits per heavy atom. The van der Waals surface area contributed by atoms with Crippen molar-refractivity contribution >= 4 is 5.97 Å². The van der Waals surface area contributed by atoms with Crippen molar-refractivity contribution in [3.63, 3.8) is 0 Å². The summed E-state index contributed by atoms with van der Waals surface area (Å²) in [5.74, 6) is -0.299. The first-order chi connectivity index (χ1) is 6.20. The Hall–Kier alpha value is -1.31. The van der Waals surface area contributed by atoms with Crippen LogP contribution >= 0.6 is 0 Å². The van der Waals surface area contributed by atoms with Crippen molar-refractivity contribution in [2.45, 2.75) is 19.8 Å². The normalized spacial score (nSPS) is 14.1. The molecule has 0 saturated carbocycles. The molecule has 0 bridgehead atoms. The van der Waals surface area contributed by atoms with E-state index in [2.05, 4.69) is 18.7 Å². The van der Waals surface area contributed by atoms with Gasteiger partial charge in [-0.3, -0.25) is 0 Å². The van der Waals surface area contributed by atoms with Gasteiger partial charge in [-0.05, 0) is 13.3 Å². The van der Waals surface area contributed by atoms with E-state index in [1.54, 1.807) is 6.92 Å². The van der Waals surface area contributed by atoms with Crippen LogP contribution in [0.2, 0.25) is 0 Å². The third-order valence-corrected chi connectivity index (χ3v) is 1.85. The molecule has 1 rings (SSSR count). The highest BCUT2D eigenvalue weighted by atomic mass is 16.5. The summed E-state index contributed by atoms with van der Waals surface area (Å²) in [5, 5.41) is 0. The van der Waals surface area contributed by atoms with E-state index in [9.17, 15) is 4.79 Å². The fourth-order valence-corrected chi connectivity index (χ4v) is 1.07. The van der Waals surface area contributed by atoms with E-state index in [0.717, 1.165) is 12.8 Å². The fourth-order valence-electron chi connectivity index (χ4n) is 1.07. The highest BCUT2D eigenvalue weighted by molar-refractivity contribution is 5.86. The quantitative estimate of drug-likeness (QED) is 0.488. The van der Waals surface area contributed by atoms with Crippen LogP contribution < -0.4 is 0 Å². The number of rotatable bonds is 4. The van der Waals surface area contributed by atoms with E-state index >= 15 is 0 Å². The number of carbonyl (C=O) groups is 1. The average Bonchev–Trinajstić information content (AvgIpc) is 2.56. The summed E-state index contributed by atoms with van der Waals surface area (Å²) in [4.78, 5) is 11.0. The number of carbonyl (C=O) groups excluding carboxylic acids is 1. The molecule has 0 aromatic rings. The van der Waals surface area contributed by atoms with Gasteiger partial charge < -0.3 is 4.74 Å². The SMILES string of the molecule is C=C(C)C(=O)OCCC1=CC=CC1. The van der Waals surface area contributed by atoms with Crippen molar-refractivity contribution in [3.05, 3.63) is 36.0 Å². The topological polar surface area (TPSA) is 26.3 Å². The molecule has 0 fully saturated rings. The molecule has 0 atom stereocenters. The summed E-state index contributed by atoms with van der Waals surface area (Å²) in [7, 11) is 0. The van der Waals surface area contributed by atoms with Crippen molar-refractivity contribution in [2.75, 3.05) is 6.61 Å². The monoisotopic (exact) mass is 178 g/mol. The summed E-state index contributed by atoms with van der Waals surface area (Å²) >= 11 is 0. The highest BCUT2D eigenvalue weighted by Crippen LogP contribution is 2.14. The van der Waals surface area contributed by atoms with Gasteiger partial charge >= 0.3 is 5.97 Å². The standard InChI is InChI=1S/C11H14O2/c1-9(2)11(12)13-8-7-10-5-3-4-6-10/h3-5H,1,6-8H2,2H3. The number of hydrogen-bond donors (Lipinski definition) is 0. The van der Waals surface area contributed by atoms with Gasteiger partial charge in [0.2, 0.25) is 0 Å². The van der Waals surface area contributed by atoms with Crippen LogP contribution in [0.4, 0.5) is 0 Å². The van der Waals surface area contributed by atoms with Crippen LogP contribution in [0.1, 0.15) is 19.8 Å². The molecule has 2 nitrogen and oxygen atoms in total. The Labute approximate surface area is 78.6 Å². The Balaban J connectivity index is 2.14. The highest BCUT2D eigenvalue weighted by Gasteiger charge is 2.04. The third kappa shape index (κ3) is 3.28. The molecule has 0 unspecified atom stereocenters. The molecule has 0 radical (unpaired) electrons. The van der Waals surface area contributed by atoms with Crippen LogP contribution in [-0.2, 0) is 9.53 Å². The molecule has 0 aromatic heterocycles. The fraction of sp³-hybridized carbons (Fsp3) is 0.364. The molecule has 0 saturated heterocycles. The lowest BCUT2D eigenvalue weighted by molar-refractivity contribution is -0.138. The van der Waals surface area contributed by atoms with Gasteiger partial charge in [-0.25, -0.2) is 4.79 Å². The second-order valence-electron chi connectivity index (χ2n) is 3.12. The lowest BCUT2D eigenvalue weighted by Crippen LogP contribution is -2.06. The maximum absolute atomic E-state index is 11.0. The van der Waals surface area contributed by atoms with Gasteiger partial charge in [0.15, 0.2) is 0 Å². The minimum Gasteiger partial charge on any atom is -0.462 e. The molecule has 2 heteroatoms. The minimum absolute atomic E-state index is 0.299. The predicted molar refractivity (Wildman–Crippen MR) is 52.2 cm³/mol. The predicted octanol–water partition coefficient (Wildman–Crippen LogP) is 2.38. The van der Waals surface area contributed by atoms with Crippen molar-refractivity contribution in [1.82, 2.24) is 0 Å². The van der Waals surface area contributed by atoms with Crippen molar-refractivity contribution in [1.29, 1.82) is 0 Å². The zero-order valence-electron chi connectivity index (χ0n) is 7.88. The van der Waals surface area contributed by atoms with Crippen LogP contribution in [0.5, 0.6) is 0 Å². The summed E-state index contributed by atoms with van der Waals surface area (Å²) in [6, 6.07) is 0. The molecule has 70 valence electrons. The summed E-state index contributed by atoms with van der Waals surface area (Å²) < 4.78 is 4.96. The molecule has 0 aromatic carbocycles. The maximum atomic E-state index is 11.0. The van der Waals surface area contributed by atoms with Gasteiger partial charge in [0, 0.05) is 12.0 Å². The Kier molecular flexibility index (Phi) is 3.50. The molecule has 0 spiro atoms. The zero-order chi connectivity index (χ0) is 9.68. The largest absolute Gasteiger partial charge is 0.462 e. The second kappa shape index (κ2) is 4.65. The van der Waals surface area contributed by atoms with E-state index in [1.165, 1.54) is 5.57 Å². The molecular formula is C11H14O2. The van der Waals surface area contributed by atoms with E-state index in [-0.39, 0.29) is 5.97 Å². The van der Waals surface area contributed by atoms with Gasteiger partial charge in [0.1, 0.15) is 0 Å². The third-order valence-electron chi connectivity index (χ3n) is 1.85. The number of hydrogen-bond acceptors (Lipinski definition) is 2. The van der Waals surface area contributed by atoms with Gasteiger partial charge in [0.05, 0.1) is 6.61 Å².